The smallest absolute Gasteiger partial charge is 0.335 e. The zero-order valence-corrected chi connectivity index (χ0v) is 14.1. The van der Waals surface area contributed by atoms with Crippen LogP contribution in [-0.2, 0) is 0 Å². The van der Waals surface area contributed by atoms with Crippen molar-refractivity contribution in [2.75, 3.05) is 0 Å². The minimum Gasteiger partial charge on any atom is -0.478 e. The summed E-state index contributed by atoms with van der Waals surface area (Å²) < 4.78 is 3.90. The van der Waals surface area contributed by atoms with Crippen LogP contribution in [-0.4, -0.2) is 20.6 Å². The van der Waals surface area contributed by atoms with Crippen molar-refractivity contribution in [1.29, 1.82) is 0 Å². The first kappa shape index (κ1) is 14.3. The quantitative estimate of drug-likeness (QED) is 0.675. The van der Waals surface area contributed by atoms with Gasteiger partial charge < -0.3 is 5.11 Å². The molecular weight excluding hydrogens is 400 g/mol. The molecule has 4 nitrogen and oxygen atoms in total. The summed E-state index contributed by atoms with van der Waals surface area (Å²) >= 11 is 7.01. The normalized spacial score (nSPS) is 11.0. The maximum absolute atomic E-state index is 11.1. The summed E-state index contributed by atoms with van der Waals surface area (Å²) in [4.78, 5) is 15.5. The van der Waals surface area contributed by atoms with Crippen LogP contribution in [0.3, 0.4) is 0 Å². The molecule has 0 saturated heterocycles. The summed E-state index contributed by atoms with van der Waals surface area (Å²) in [6.45, 7) is 1.90. The highest BCUT2D eigenvalue weighted by Crippen LogP contribution is 2.29. The molecule has 1 heterocycles. The summed E-state index contributed by atoms with van der Waals surface area (Å²) in [5, 5.41) is 9.07. The van der Waals surface area contributed by atoms with Gasteiger partial charge in [0.05, 0.1) is 22.3 Å². The van der Waals surface area contributed by atoms with Crippen LogP contribution in [0.1, 0.15) is 16.2 Å². The molecule has 2 aromatic carbocycles. The number of aromatic carboxylic acids is 1. The lowest BCUT2D eigenvalue weighted by Gasteiger charge is -2.10. The summed E-state index contributed by atoms with van der Waals surface area (Å²) in [6, 6.07) is 10.9. The van der Waals surface area contributed by atoms with E-state index in [0.717, 1.165) is 26.0 Å². The molecule has 3 rings (SSSR count). The van der Waals surface area contributed by atoms with Gasteiger partial charge in [0.1, 0.15) is 5.82 Å². The molecule has 0 aliphatic heterocycles. The molecule has 0 fully saturated rings. The first-order valence-corrected chi connectivity index (χ1v) is 7.74. The average molecular weight is 410 g/mol. The number of hydrogen-bond donors (Lipinski definition) is 1. The number of carboxylic acid groups (broad SMARTS) is 1. The molecule has 21 heavy (non-hydrogen) atoms. The predicted molar refractivity (Wildman–Crippen MR) is 88.2 cm³/mol. The second kappa shape index (κ2) is 5.27. The summed E-state index contributed by atoms with van der Waals surface area (Å²) in [5.74, 6) is -0.154. The molecule has 1 aromatic heterocycles. The minimum absolute atomic E-state index is 0.237. The molecule has 106 valence electrons. The Kier molecular flexibility index (Phi) is 3.59. The molecule has 0 atom stereocenters. The Bertz CT molecular complexity index is 871. The Morgan fingerprint density at radius 1 is 1.19 bits per heavy atom. The summed E-state index contributed by atoms with van der Waals surface area (Å²) in [7, 11) is 0. The van der Waals surface area contributed by atoms with Gasteiger partial charge in [-0.25, -0.2) is 9.78 Å². The number of nitrogens with zero attached hydrogens (tertiary/aromatic N) is 2. The second-order valence-corrected chi connectivity index (χ2v) is 6.37. The predicted octanol–water partition coefficient (Wildman–Crippen LogP) is 4.56. The van der Waals surface area contributed by atoms with Crippen molar-refractivity contribution < 1.29 is 9.90 Å². The van der Waals surface area contributed by atoms with Crippen molar-refractivity contribution in [3.8, 4) is 5.69 Å². The number of aryl methyl sites for hydroxylation is 1. The third-order valence-electron chi connectivity index (χ3n) is 3.22. The third kappa shape index (κ3) is 2.49. The molecule has 0 radical (unpaired) electrons. The molecule has 0 bridgehead atoms. The van der Waals surface area contributed by atoms with Crippen LogP contribution in [0.4, 0.5) is 0 Å². The van der Waals surface area contributed by atoms with Crippen molar-refractivity contribution >= 4 is 48.9 Å². The maximum Gasteiger partial charge on any atom is 0.335 e. The fourth-order valence-electron chi connectivity index (χ4n) is 2.30. The van der Waals surface area contributed by atoms with E-state index in [1.54, 1.807) is 18.2 Å². The molecule has 3 aromatic rings. The molecule has 0 amide bonds. The van der Waals surface area contributed by atoms with E-state index in [9.17, 15) is 4.79 Å². The number of imidazole rings is 1. The average Bonchev–Trinajstić information content (AvgIpc) is 2.76. The van der Waals surface area contributed by atoms with Gasteiger partial charge in [-0.3, -0.25) is 4.57 Å². The molecule has 1 N–H and O–H groups in total. The zero-order chi connectivity index (χ0) is 15.1. The van der Waals surface area contributed by atoms with Gasteiger partial charge in [-0.15, -0.1) is 0 Å². The molecule has 0 aliphatic rings. The fourth-order valence-corrected chi connectivity index (χ4v) is 3.07. The lowest BCUT2D eigenvalue weighted by atomic mass is 10.2. The minimum atomic E-state index is -0.951. The molecule has 0 aliphatic carbocycles. The van der Waals surface area contributed by atoms with E-state index in [4.69, 9.17) is 5.11 Å². The molecule has 0 saturated carbocycles. The monoisotopic (exact) mass is 408 g/mol. The molecular formula is C15H10Br2N2O2. The fraction of sp³-hybridized carbons (Fsp3) is 0.0667. The topological polar surface area (TPSA) is 55.1 Å². The molecule has 0 spiro atoms. The lowest BCUT2D eigenvalue weighted by molar-refractivity contribution is 0.0697. The SMILES string of the molecule is Cc1nc2cc(C(=O)O)ccc2n1-c1cc(Br)ccc1Br. The molecule has 6 heteroatoms. The van der Waals surface area contributed by atoms with Gasteiger partial charge in [-0.1, -0.05) is 15.9 Å². The Morgan fingerprint density at radius 2 is 1.95 bits per heavy atom. The van der Waals surface area contributed by atoms with E-state index in [1.807, 2.05) is 29.7 Å². The summed E-state index contributed by atoms with van der Waals surface area (Å²) in [6.07, 6.45) is 0. The standard InChI is InChI=1S/C15H10Br2N2O2/c1-8-18-12-6-9(15(20)21)2-5-13(12)19(8)14-7-10(16)3-4-11(14)17/h2-7H,1H3,(H,20,21). The van der Waals surface area contributed by atoms with Gasteiger partial charge in [0.15, 0.2) is 0 Å². The van der Waals surface area contributed by atoms with E-state index >= 15 is 0 Å². The highest BCUT2D eigenvalue weighted by molar-refractivity contribution is 9.11. The van der Waals surface area contributed by atoms with Crippen LogP contribution in [0, 0.1) is 6.92 Å². The van der Waals surface area contributed by atoms with Gasteiger partial charge in [0.2, 0.25) is 0 Å². The number of carbonyl (C=O) groups is 1. The summed E-state index contributed by atoms with van der Waals surface area (Å²) in [5.41, 5.74) is 2.73. The van der Waals surface area contributed by atoms with Gasteiger partial charge in [0, 0.05) is 8.95 Å². The Labute approximate surface area is 137 Å². The van der Waals surface area contributed by atoms with E-state index < -0.39 is 5.97 Å². The zero-order valence-electron chi connectivity index (χ0n) is 11.0. The Hall–Kier alpha value is -1.66. The van der Waals surface area contributed by atoms with Crippen LogP contribution in [0.2, 0.25) is 0 Å². The van der Waals surface area contributed by atoms with Crippen molar-refractivity contribution in [3.63, 3.8) is 0 Å². The second-order valence-electron chi connectivity index (χ2n) is 4.60. The van der Waals surface area contributed by atoms with E-state index in [-0.39, 0.29) is 5.56 Å². The lowest BCUT2D eigenvalue weighted by Crippen LogP contribution is -1.99. The number of halogens is 2. The first-order valence-electron chi connectivity index (χ1n) is 6.15. The van der Waals surface area contributed by atoms with Crippen molar-refractivity contribution in [3.05, 3.63) is 56.7 Å². The van der Waals surface area contributed by atoms with Crippen LogP contribution < -0.4 is 0 Å². The van der Waals surface area contributed by atoms with E-state index in [1.165, 1.54) is 0 Å². The van der Waals surface area contributed by atoms with Crippen LogP contribution in [0.5, 0.6) is 0 Å². The van der Waals surface area contributed by atoms with Crippen LogP contribution in [0.25, 0.3) is 16.7 Å². The Morgan fingerprint density at radius 3 is 2.67 bits per heavy atom. The largest absolute Gasteiger partial charge is 0.478 e. The van der Waals surface area contributed by atoms with Crippen LogP contribution in [0.15, 0.2) is 45.3 Å². The number of fused-ring (bicyclic) bond motifs is 1. The highest BCUT2D eigenvalue weighted by Gasteiger charge is 2.14. The Balaban J connectivity index is 2.30. The highest BCUT2D eigenvalue weighted by atomic mass is 79.9. The van der Waals surface area contributed by atoms with E-state index in [0.29, 0.717) is 5.52 Å². The number of carboxylic acids is 1. The molecule has 0 unspecified atom stereocenters. The van der Waals surface area contributed by atoms with E-state index in [2.05, 4.69) is 36.8 Å². The van der Waals surface area contributed by atoms with Gasteiger partial charge >= 0.3 is 5.97 Å². The third-order valence-corrected chi connectivity index (χ3v) is 4.38. The maximum atomic E-state index is 11.1. The van der Waals surface area contributed by atoms with Gasteiger partial charge in [-0.2, -0.15) is 0 Å². The van der Waals surface area contributed by atoms with Crippen LogP contribution >= 0.6 is 31.9 Å². The van der Waals surface area contributed by atoms with Gasteiger partial charge in [-0.05, 0) is 59.3 Å². The van der Waals surface area contributed by atoms with Gasteiger partial charge in [0.25, 0.3) is 0 Å². The number of hydrogen-bond acceptors (Lipinski definition) is 2. The van der Waals surface area contributed by atoms with Crippen molar-refractivity contribution in [2.45, 2.75) is 6.92 Å². The number of aromatic nitrogens is 2. The van der Waals surface area contributed by atoms with Crippen molar-refractivity contribution in [2.24, 2.45) is 0 Å². The van der Waals surface area contributed by atoms with Crippen molar-refractivity contribution in [1.82, 2.24) is 9.55 Å². The number of rotatable bonds is 2. The first-order chi connectivity index (χ1) is 9.97. The number of benzene rings is 2.